The number of ketones is 1. The summed E-state index contributed by atoms with van der Waals surface area (Å²) in [5.74, 6) is -1.11. The van der Waals surface area contributed by atoms with Crippen molar-refractivity contribution >= 4 is 5.78 Å². The van der Waals surface area contributed by atoms with Crippen LogP contribution in [0.2, 0.25) is 0 Å². The summed E-state index contributed by atoms with van der Waals surface area (Å²) in [6, 6.07) is 0. The van der Waals surface area contributed by atoms with Crippen molar-refractivity contribution < 1.29 is 18.7 Å². The lowest BCUT2D eigenvalue weighted by Gasteiger charge is -2.29. The molecule has 14 heavy (non-hydrogen) atoms. The lowest BCUT2D eigenvalue weighted by molar-refractivity contribution is -0.157. The summed E-state index contributed by atoms with van der Waals surface area (Å²) < 4.78 is 24.6. The van der Waals surface area contributed by atoms with Crippen LogP contribution in [-0.2, 0) is 14.3 Å². The number of hydrogen-bond acceptors (Lipinski definition) is 3. The lowest BCUT2D eigenvalue weighted by atomic mass is 9.88. The molecule has 2 aliphatic rings. The van der Waals surface area contributed by atoms with Crippen LogP contribution in [0.3, 0.4) is 0 Å². The topological polar surface area (TPSA) is 35.5 Å². The third-order valence-corrected chi connectivity index (χ3v) is 2.51. The number of fused-ring (bicyclic) bond motifs is 1. The summed E-state index contributed by atoms with van der Waals surface area (Å²) in [6.45, 7) is 4.74. The van der Waals surface area contributed by atoms with Gasteiger partial charge in [-0.25, -0.2) is 4.39 Å². The van der Waals surface area contributed by atoms with Gasteiger partial charge in [-0.1, -0.05) is 0 Å². The normalized spacial score (nSPS) is 45.3. The fraction of sp³-hybridized carbons (Fsp3) is 0.700. The van der Waals surface area contributed by atoms with E-state index < -0.39 is 23.7 Å². The quantitative estimate of drug-likeness (QED) is 0.592. The van der Waals surface area contributed by atoms with Gasteiger partial charge in [0, 0.05) is 0 Å². The van der Waals surface area contributed by atoms with Crippen molar-refractivity contribution in [2.75, 3.05) is 0 Å². The maximum Gasteiger partial charge on any atom is 0.187 e. The number of carbonyl (C=O) groups excluding carboxylic acids is 1. The van der Waals surface area contributed by atoms with Crippen molar-refractivity contribution in [3.8, 4) is 0 Å². The molecule has 0 saturated carbocycles. The number of alkyl halides is 1. The molecule has 0 N–H and O–H groups in total. The Kier molecular flexibility index (Phi) is 1.85. The highest BCUT2D eigenvalue weighted by molar-refractivity contribution is 5.95. The van der Waals surface area contributed by atoms with E-state index in [1.807, 2.05) is 0 Å². The van der Waals surface area contributed by atoms with E-state index in [1.54, 1.807) is 13.8 Å². The third-order valence-electron chi connectivity index (χ3n) is 2.51. The first-order valence-electron chi connectivity index (χ1n) is 4.59. The van der Waals surface area contributed by atoms with E-state index in [1.165, 1.54) is 19.1 Å². The first-order chi connectivity index (χ1) is 6.32. The monoisotopic (exact) mass is 200 g/mol. The minimum absolute atomic E-state index is 0.226. The van der Waals surface area contributed by atoms with Gasteiger partial charge in [0.2, 0.25) is 0 Å². The Hall–Kier alpha value is -0.740. The fourth-order valence-electron chi connectivity index (χ4n) is 1.82. The van der Waals surface area contributed by atoms with Gasteiger partial charge in [-0.15, -0.1) is 0 Å². The molecule has 0 amide bonds. The summed E-state index contributed by atoms with van der Waals surface area (Å²) >= 11 is 0. The Morgan fingerprint density at radius 2 is 2.00 bits per heavy atom. The van der Waals surface area contributed by atoms with Crippen LogP contribution in [0.5, 0.6) is 0 Å². The van der Waals surface area contributed by atoms with Gasteiger partial charge in [-0.2, -0.15) is 0 Å². The van der Waals surface area contributed by atoms with E-state index in [0.29, 0.717) is 0 Å². The van der Waals surface area contributed by atoms with Crippen LogP contribution >= 0.6 is 0 Å². The molecular weight excluding hydrogens is 187 g/mol. The van der Waals surface area contributed by atoms with Gasteiger partial charge < -0.3 is 9.47 Å². The van der Waals surface area contributed by atoms with Gasteiger partial charge in [0.1, 0.15) is 6.10 Å². The molecule has 2 rings (SSSR count). The Bertz CT molecular complexity index is 306. The highest BCUT2D eigenvalue weighted by Crippen LogP contribution is 2.39. The molecule has 0 aromatic rings. The smallest absolute Gasteiger partial charge is 0.187 e. The van der Waals surface area contributed by atoms with E-state index in [4.69, 9.17) is 9.47 Å². The molecule has 3 nitrogen and oxygen atoms in total. The van der Waals surface area contributed by atoms with Crippen molar-refractivity contribution in [1.29, 1.82) is 0 Å². The third kappa shape index (κ3) is 1.38. The average Bonchev–Trinajstić information content (AvgIpc) is 2.36. The Morgan fingerprint density at radius 1 is 1.36 bits per heavy atom. The van der Waals surface area contributed by atoms with Gasteiger partial charge in [0.15, 0.2) is 23.3 Å². The molecule has 1 fully saturated rings. The van der Waals surface area contributed by atoms with Crippen LogP contribution in [0, 0.1) is 0 Å². The van der Waals surface area contributed by atoms with Crippen LogP contribution in [-0.4, -0.2) is 29.4 Å². The van der Waals surface area contributed by atoms with E-state index in [9.17, 15) is 9.18 Å². The molecular formula is C10H13FO3. The van der Waals surface area contributed by atoms with Crippen molar-refractivity contribution in [3.63, 3.8) is 0 Å². The summed E-state index contributed by atoms with van der Waals surface area (Å²) in [5.41, 5.74) is -1.63. The van der Waals surface area contributed by atoms with Gasteiger partial charge >= 0.3 is 0 Å². The second kappa shape index (κ2) is 2.64. The molecule has 1 heterocycles. The van der Waals surface area contributed by atoms with Gasteiger partial charge in [0.05, 0.1) is 0 Å². The largest absolute Gasteiger partial charge is 0.340 e. The number of ether oxygens (including phenoxy) is 2. The lowest BCUT2D eigenvalue weighted by Crippen LogP contribution is -2.47. The molecule has 1 saturated heterocycles. The molecule has 0 aromatic carbocycles. The molecule has 3 atom stereocenters. The summed E-state index contributed by atoms with van der Waals surface area (Å²) in [5, 5.41) is 0. The molecule has 1 aliphatic heterocycles. The maximum absolute atomic E-state index is 13.9. The molecule has 0 radical (unpaired) electrons. The van der Waals surface area contributed by atoms with E-state index in [0.717, 1.165) is 0 Å². The molecule has 1 aliphatic carbocycles. The van der Waals surface area contributed by atoms with Gasteiger partial charge in [0.25, 0.3) is 0 Å². The van der Waals surface area contributed by atoms with E-state index in [-0.39, 0.29) is 5.78 Å². The summed E-state index contributed by atoms with van der Waals surface area (Å²) in [6.07, 6.45) is 0.840. The highest BCUT2D eigenvalue weighted by atomic mass is 19.1. The van der Waals surface area contributed by atoms with Crippen molar-refractivity contribution in [1.82, 2.24) is 0 Å². The van der Waals surface area contributed by atoms with Gasteiger partial charge in [-0.05, 0) is 32.9 Å². The van der Waals surface area contributed by atoms with E-state index in [2.05, 4.69) is 0 Å². The first-order valence-corrected chi connectivity index (χ1v) is 4.59. The van der Waals surface area contributed by atoms with Crippen molar-refractivity contribution in [2.24, 2.45) is 0 Å². The van der Waals surface area contributed by atoms with Crippen LogP contribution < -0.4 is 0 Å². The van der Waals surface area contributed by atoms with Gasteiger partial charge in [-0.3, -0.25) is 4.79 Å². The number of rotatable bonds is 0. The maximum atomic E-state index is 13.9. The highest BCUT2D eigenvalue weighted by Gasteiger charge is 2.54. The molecule has 0 aromatic heterocycles. The number of halogens is 1. The SMILES string of the molecule is CC1(C)O[C@@H]2C(=O)C=C[C@@](C)(F)[C@@H]2O1. The molecule has 0 spiro atoms. The van der Waals surface area contributed by atoms with Crippen LogP contribution in [0.25, 0.3) is 0 Å². The van der Waals surface area contributed by atoms with E-state index >= 15 is 0 Å². The van der Waals surface area contributed by atoms with Crippen LogP contribution in [0.1, 0.15) is 20.8 Å². The zero-order valence-electron chi connectivity index (χ0n) is 8.41. The Balaban J connectivity index is 2.34. The van der Waals surface area contributed by atoms with Crippen molar-refractivity contribution in [3.05, 3.63) is 12.2 Å². The minimum Gasteiger partial charge on any atom is -0.340 e. The Labute approximate surface area is 81.9 Å². The predicted octanol–water partition coefficient (Wildman–Crippen LogP) is 1.37. The first kappa shape index (κ1) is 9.80. The number of carbonyl (C=O) groups is 1. The zero-order valence-corrected chi connectivity index (χ0v) is 8.41. The fourth-order valence-corrected chi connectivity index (χ4v) is 1.82. The zero-order chi connectivity index (χ0) is 10.6. The van der Waals surface area contributed by atoms with Crippen molar-refractivity contribution in [2.45, 2.75) is 44.4 Å². The minimum atomic E-state index is -1.63. The summed E-state index contributed by atoms with van der Waals surface area (Å²) in [7, 11) is 0. The molecule has 78 valence electrons. The molecule has 0 bridgehead atoms. The standard InChI is InChI=1S/C10H13FO3/c1-9(2)13-7-6(12)4-5-10(3,11)8(7)14-9/h4-5,7-8H,1-3H3/t7-,8-,10-/m1/s1. The number of hydrogen-bond donors (Lipinski definition) is 0. The molecule has 4 heteroatoms. The van der Waals surface area contributed by atoms with Crippen LogP contribution in [0.15, 0.2) is 12.2 Å². The average molecular weight is 200 g/mol. The second-order valence-electron chi connectivity index (χ2n) is 4.36. The predicted molar refractivity (Wildman–Crippen MR) is 47.5 cm³/mol. The second-order valence-corrected chi connectivity index (χ2v) is 4.36. The van der Waals surface area contributed by atoms with Crippen LogP contribution in [0.4, 0.5) is 4.39 Å². The Morgan fingerprint density at radius 3 is 2.57 bits per heavy atom. The molecule has 0 unspecified atom stereocenters. The summed E-state index contributed by atoms with van der Waals surface area (Å²) in [4.78, 5) is 11.4.